The topological polar surface area (TPSA) is 81.1 Å². The Balaban J connectivity index is 0.00000118. The molecule has 1 rings (SSSR count). The van der Waals surface area contributed by atoms with Gasteiger partial charge in [-0.05, 0) is 31.2 Å². The van der Waals surface area contributed by atoms with Crippen LogP contribution in [0, 0.1) is 0 Å². The van der Waals surface area contributed by atoms with Gasteiger partial charge in [0.1, 0.15) is 0 Å². The van der Waals surface area contributed by atoms with Gasteiger partial charge in [-0.25, -0.2) is 0 Å². The van der Waals surface area contributed by atoms with Crippen molar-refractivity contribution < 1.29 is 31.1 Å². The molecule has 24 heavy (non-hydrogen) atoms. The fourth-order valence-corrected chi connectivity index (χ4v) is 1.37. The smallest absolute Gasteiger partial charge is 0.351 e. The lowest BCUT2D eigenvalue weighted by atomic mass is 10.0. The number of carbonyl (C=O) groups excluding carboxylic acids is 1. The average molecular weight is 359 g/mol. The van der Waals surface area contributed by atoms with Gasteiger partial charge in [0.25, 0.3) is 5.91 Å². The van der Waals surface area contributed by atoms with E-state index in [1.807, 2.05) is 0 Å². The molecule has 1 amide bonds. The van der Waals surface area contributed by atoms with Gasteiger partial charge >= 0.3 is 12.4 Å². The number of nitrogens with one attached hydrogen (secondary N) is 1. The van der Waals surface area contributed by atoms with Crippen LogP contribution in [0.2, 0.25) is 0 Å². The normalized spacial score (nSPS) is 11.5. The Kier molecular flexibility index (Phi) is 8.76. The summed E-state index contributed by atoms with van der Waals surface area (Å²) in [5.74, 6) is -1.05. The third-order valence-electron chi connectivity index (χ3n) is 2.57. The average Bonchev–Trinajstić information content (AvgIpc) is 2.50. The molecule has 0 atom stereocenters. The molecule has 1 aromatic rings. The van der Waals surface area contributed by atoms with Crippen molar-refractivity contribution in [2.45, 2.75) is 25.7 Å². The van der Waals surface area contributed by atoms with Gasteiger partial charge in [0.05, 0.1) is 11.1 Å². The van der Waals surface area contributed by atoms with Crippen LogP contribution < -0.4 is 16.8 Å². The zero-order valence-corrected chi connectivity index (χ0v) is 12.9. The van der Waals surface area contributed by atoms with Crippen LogP contribution >= 0.6 is 0 Å². The van der Waals surface area contributed by atoms with E-state index in [9.17, 15) is 31.1 Å². The Morgan fingerprint density at radius 1 is 0.958 bits per heavy atom. The van der Waals surface area contributed by atoms with Crippen molar-refractivity contribution in [1.82, 2.24) is 5.32 Å². The van der Waals surface area contributed by atoms with Gasteiger partial charge < -0.3 is 16.8 Å². The summed E-state index contributed by atoms with van der Waals surface area (Å²) in [6, 6.07) is 0.682. The number of carbonyl (C=O) groups is 1. The minimum absolute atomic E-state index is 0.0107. The first kappa shape index (κ1) is 22.2. The van der Waals surface area contributed by atoms with Crippen LogP contribution in [0.1, 0.15) is 34.8 Å². The van der Waals surface area contributed by atoms with Crippen LogP contribution in [0.5, 0.6) is 0 Å². The summed E-state index contributed by atoms with van der Waals surface area (Å²) in [6.45, 7) is 2.83. The minimum atomic E-state index is -4.98. The van der Waals surface area contributed by atoms with Crippen LogP contribution in [0.25, 0.3) is 0 Å². The highest BCUT2D eigenvalue weighted by molar-refractivity contribution is 5.94. The lowest BCUT2D eigenvalue weighted by molar-refractivity contribution is -0.143. The zero-order valence-electron chi connectivity index (χ0n) is 12.9. The van der Waals surface area contributed by atoms with Crippen molar-refractivity contribution >= 4 is 5.91 Å². The lowest BCUT2D eigenvalue weighted by Gasteiger charge is -2.14. The van der Waals surface area contributed by atoms with Crippen LogP contribution in [-0.2, 0) is 12.4 Å². The minimum Gasteiger partial charge on any atom is -0.351 e. The summed E-state index contributed by atoms with van der Waals surface area (Å²) >= 11 is 0. The van der Waals surface area contributed by atoms with Gasteiger partial charge in [-0.1, -0.05) is 6.92 Å². The summed E-state index contributed by atoms with van der Waals surface area (Å²) in [7, 11) is 0. The molecule has 0 fully saturated rings. The maximum atomic E-state index is 12.5. The van der Waals surface area contributed by atoms with Crippen LogP contribution in [0.4, 0.5) is 26.3 Å². The summed E-state index contributed by atoms with van der Waals surface area (Å²) in [5.41, 5.74) is 6.31. The number of alkyl halides is 6. The zero-order chi connectivity index (χ0) is 19.0. The summed E-state index contributed by atoms with van der Waals surface area (Å²) < 4.78 is 75.2. The number of rotatable bonds is 4. The molecule has 138 valence electrons. The van der Waals surface area contributed by atoms with Crippen molar-refractivity contribution in [1.29, 1.82) is 0 Å². The summed E-state index contributed by atoms with van der Waals surface area (Å²) in [6.07, 6.45) is -8.87. The van der Waals surface area contributed by atoms with E-state index in [-0.39, 0.29) is 19.2 Å². The molecule has 0 spiro atoms. The van der Waals surface area contributed by atoms with Crippen LogP contribution in [0.15, 0.2) is 18.2 Å². The van der Waals surface area contributed by atoms with Gasteiger partial charge in [0.15, 0.2) is 0 Å². The summed E-state index contributed by atoms with van der Waals surface area (Å²) in [5, 5.41) is 2.11. The Morgan fingerprint density at radius 2 is 1.38 bits per heavy atom. The van der Waals surface area contributed by atoms with Gasteiger partial charge in [-0.3, -0.25) is 4.79 Å². The van der Waals surface area contributed by atoms with E-state index < -0.39 is 35.0 Å². The molecule has 0 saturated carbocycles. The first-order chi connectivity index (χ1) is 11.0. The molecule has 5 N–H and O–H groups in total. The molecule has 0 radical (unpaired) electrons. The molecule has 0 unspecified atom stereocenters. The number of benzene rings is 1. The second-order valence-electron chi connectivity index (χ2n) is 4.63. The van der Waals surface area contributed by atoms with E-state index in [2.05, 4.69) is 12.2 Å². The quantitative estimate of drug-likeness (QED) is 0.723. The van der Waals surface area contributed by atoms with Crippen molar-refractivity contribution in [2.75, 3.05) is 19.6 Å². The largest absolute Gasteiger partial charge is 0.416 e. The maximum Gasteiger partial charge on any atom is 0.416 e. The van der Waals surface area contributed by atoms with E-state index in [0.29, 0.717) is 12.1 Å². The Morgan fingerprint density at radius 3 is 1.67 bits per heavy atom. The van der Waals surface area contributed by atoms with E-state index in [1.165, 1.54) is 0 Å². The number of nitrogens with two attached hydrogens (primary N) is 2. The monoisotopic (exact) mass is 359 g/mol. The summed E-state index contributed by atoms with van der Waals surface area (Å²) in [4.78, 5) is 11.5. The van der Waals surface area contributed by atoms with E-state index >= 15 is 0 Å². The number of amides is 1. The molecule has 4 nitrogen and oxygen atoms in total. The predicted octanol–water partition coefficient (Wildman–Crippen LogP) is 2.77. The van der Waals surface area contributed by atoms with E-state index in [0.717, 1.165) is 13.0 Å². The standard InChI is InChI=1S/C11H10F6N2O.C3H9N/c12-10(13,14)7-3-6(9(20)19-2-1-18)4-8(5-7)11(15,16)17;1-2-3-4/h3-5H,1-2,18H2,(H,19,20);2-4H2,1H3. The molecular weight excluding hydrogens is 340 g/mol. The molecule has 0 aliphatic heterocycles. The molecule has 10 heteroatoms. The molecular formula is C14H19F6N3O. The predicted molar refractivity (Wildman–Crippen MR) is 77.2 cm³/mol. The van der Waals surface area contributed by atoms with Crippen LogP contribution in [-0.4, -0.2) is 25.5 Å². The number of hydrogen-bond donors (Lipinski definition) is 3. The van der Waals surface area contributed by atoms with Gasteiger partial charge in [-0.15, -0.1) is 0 Å². The number of halogens is 6. The third-order valence-corrected chi connectivity index (χ3v) is 2.57. The van der Waals surface area contributed by atoms with E-state index in [4.69, 9.17) is 11.5 Å². The first-order valence-electron chi connectivity index (χ1n) is 6.95. The second kappa shape index (κ2) is 9.48. The van der Waals surface area contributed by atoms with Crippen molar-refractivity contribution in [3.8, 4) is 0 Å². The lowest BCUT2D eigenvalue weighted by Crippen LogP contribution is -2.29. The highest BCUT2D eigenvalue weighted by Crippen LogP contribution is 2.36. The molecule has 0 aliphatic rings. The fourth-order valence-electron chi connectivity index (χ4n) is 1.37. The Hall–Kier alpha value is -1.81. The highest BCUT2D eigenvalue weighted by Gasteiger charge is 2.37. The van der Waals surface area contributed by atoms with Crippen molar-refractivity contribution in [3.05, 3.63) is 34.9 Å². The third kappa shape index (κ3) is 7.64. The highest BCUT2D eigenvalue weighted by atomic mass is 19.4. The number of hydrogen-bond acceptors (Lipinski definition) is 3. The maximum absolute atomic E-state index is 12.5. The second-order valence-corrected chi connectivity index (χ2v) is 4.63. The first-order valence-corrected chi connectivity index (χ1v) is 6.95. The van der Waals surface area contributed by atoms with Crippen molar-refractivity contribution in [2.24, 2.45) is 11.5 Å². The van der Waals surface area contributed by atoms with Crippen molar-refractivity contribution in [3.63, 3.8) is 0 Å². The molecule has 0 bridgehead atoms. The molecule has 0 saturated heterocycles. The van der Waals surface area contributed by atoms with Gasteiger partial charge in [0.2, 0.25) is 0 Å². The van der Waals surface area contributed by atoms with Gasteiger partial charge in [0, 0.05) is 18.7 Å². The van der Waals surface area contributed by atoms with Gasteiger partial charge in [-0.2, -0.15) is 26.3 Å². The molecule has 0 aliphatic carbocycles. The Labute approximate surface area is 135 Å². The van der Waals surface area contributed by atoms with E-state index in [1.54, 1.807) is 0 Å². The SMILES string of the molecule is CCCN.NCCNC(=O)c1cc(C(F)(F)F)cc(C(F)(F)F)c1. The Bertz CT molecular complexity index is 494. The molecule has 1 aromatic carbocycles. The fraction of sp³-hybridized carbons (Fsp3) is 0.500. The molecule has 0 heterocycles. The molecule has 0 aromatic heterocycles. The van der Waals surface area contributed by atoms with Crippen LogP contribution in [0.3, 0.4) is 0 Å².